The summed E-state index contributed by atoms with van der Waals surface area (Å²) >= 11 is 0. The van der Waals surface area contributed by atoms with E-state index in [0.717, 1.165) is 37.7 Å². The zero-order valence-electron chi connectivity index (χ0n) is 14.9. The Hall–Kier alpha value is -1.62. The highest BCUT2D eigenvalue weighted by atomic mass is 16.2. The van der Waals surface area contributed by atoms with E-state index in [2.05, 4.69) is 10.2 Å². The van der Waals surface area contributed by atoms with Gasteiger partial charge in [-0.2, -0.15) is 0 Å². The number of piperidine rings is 1. The summed E-state index contributed by atoms with van der Waals surface area (Å²) in [5, 5.41) is 2.97. The number of likely N-dealkylation sites (tertiary alicyclic amines) is 1. The first kappa shape index (κ1) is 17.2. The lowest BCUT2D eigenvalue weighted by Crippen LogP contribution is -2.43. The van der Waals surface area contributed by atoms with Gasteiger partial charge in [-0.15, -0.1) is 0 Å². The third-order valence-electron chi connectivity index (χ3n) is 5.77. The van der Waals surface area contributed by atoms with Crippen LogP contribution in [-0.2, 0) is 7.05 Å². The van der Waals surface area contributed by atoms with E-state index < -0.39 is 0 Å². The number of hydrogen-bond donors (Lipinski definition) is 1. The summed E-state index contributed by atoms with van der Waals surface area (Å²) in [7, 11) is 1.85. The summed E-state index contributed by atoms with van der Waals surface area (Å²) in [4.78, 5) is 26.9. The average molecular weight is 331 g/mol. The molecule has 3 rings (SSSR count). The van der Waals surface area contributed by atoms with Crippen molar-refractivity contribution in [2.45, 2.75) is 51.5 Å². The monoisotopic (exact) mass is 331 g/mol. The number of aryl methyl sites for hydroxylation is 2. The van der Waals surface area contributed by atoms with Gasteiger partial charge < -0.3 is 14.8 Å². The molecule has 1 saturated heterocycles. The summed E-state index contributed by atoms with van der Waals surface area (Å²) in [6.45, 7) is 4.84. The SMILES string of the molecule is Cc1cc(=O)c(C(=O)NCC2CCN(C3CCCC3)CC2)cn1C. The molecular weight excluding hydrogens is 302 g/mol. The molecule has 0 spiro atoms. The van der Waals surface area contributed by atoms with E-state index in [0.29, 0.717) is 12.5 Å². The Balaban J connectivity index is 1.49. The summed E-state index contributed by atoms with van der Waals surface area (Å²) in [5.41, 5.74) is 0.904. The third-order valence-corrected chi connectivity index (χ3v) is 5.77. The Morgan fingerprint density at radius 3 is 2.54 bits per heavy atom. The highest BCUT2D eigenvalue weighted by Crippen LogP contribution is 2.27. The molecule has 5 nitrogen and oxygen atoms in total. The minimum atomic E-state index is -0.242. The first-order chi connectivity index (χ1) is 11.5. The molecule has 0 bridgehead atoms. The van der Waals surface area contributed by atoms with Crippen LogP contribution in [0.1, 0.15) is 54.6 Å². The number of pyridine rings is 1. The number of carbonyl (C=O) groups is 1. The zero-order valence-corrected chi connectivity index (χ0v) is 14.9. The van der Waals surface area contributed by atoms with Gasteiger partial charge in [-0.1, -0.05) is 12.8 Å². The fraction of sp³-hybridized carbons (Fsp3) is 0.684. The maximum Gasteiger partial charge on any atom is 0.256 e. The summed E-state index contributed by atoms with van der Waals surface area (Å²) in [6.07, 6.45) is 9.40. The van der Waals surface area contributed by atoms with Crippen LogP contribution in [0.2, 0.25) is 0 Å². The van der Waals surface area contributed by atoms with Gasteiger partial charge >= 0.3 is 0 Å². The van der Waals surface area contributed by atoms with Gasteiger partial charge in [0.15, 0.2) is 5.43 Å². The fourth-order valence-electron chi connectivity index (χ4n) is 4.02. The van der Waals surface area contributed by atoms with Crippen LogP contribution in [0, 0.1) is 12.8 Å². The predicted octanol–water partition coefficient (Wildman–Crippen LogP) is 2.08. The van der Waals surface area contributed by atoms with E-state index >= 15 is 0 Å². The van der Waals surface area contributed by atoms with E-state index in [1.54, 1.807) is 6.20 Å². The lowest BCUT2D eigenvalue weighted by atomic mass is 9.95. The van der Waals surface area contributed by atoms with Crippen molar-refractivity contribution in [1.82, 2.24) is 14.8 Å². The van der Waals surface area contributed by atoms with Crippen molar-refractivity contribution in [1.29, 1.82) is 0 Å². The topological polar surface area (TPSA) is 54.3 Å². The van der Waals surface area contributed by atoms with E-state index in [4.69, 9.17) is 0 Å². The lowest BCUT2D eigenvalue weighted by Gasteiger charge is -2.36. The summed E-state index contributed by atoms with van der Waals surface area (Å²) in [5.74, 6) is 0.287. The van der Waals surface area contributed by atoms with E-state index in [1.165, 1.54) is 31.7 Å². The first-order valence-electron chi connectivity index (χ1n) is 9.24. The highest BCUT2D eigenvalue weighted by molar-refractivity contribution is 5.93. The average Bonchev–Trinajstić information content (AvgIpc) is 3.11. The molecule has 1 aromatic rings. The molecule has 0 aromatic carbocycles. The van der Waals surface area contributed by atoms with Gasteiger partial charge in [-0.05, 0) is 51.6 Å². The molecule has 1 aliphatic heterocycles. The van der Waals surface area contributed by atoms with E-state index in [9.17, 15) is 9.59 Å². The van der Waals surface area contributed by atoms with Gasteiger partial charge in [0.2, 0.25) is 0 Å². The van der Waals surface area contributed by atoms with Gasteiger partial charge in [-0.3, -0.25) is 9.59 Å². The largest absolute Gasteiger partial charge is 0.354 e. The molecule has 5 heteroatoms. The van der Waals surface area contributed by atoms with Crippen LogP contribution in [0.15, 0.2) is 17.1 Å². The molecule has 2 heterocycles. The van der Waals surface area contributed by atoms with Crippen LogP contribution in [0.5, 0.6) is 0 Å². The Morgan fingerprint density at radius 2 is 1.88 bits per heavy atom. The number of carbonyl (C=O) groups excluding carboxylic acids is 1. The number of nitrogens with zero attached hydrogens (tertiary/aromatic N) is 2. The molecule has 0 atom stereocenters. The standard InChI is InChI=1S/C19H29N3O2/c1-14-11-18(23)17(13-21(14)2)19(24)20-12-15-7-9-22(10-8-15)16-5-3-4-6-16/h11,13,15-16H,3-10,12H2,1-2H3,(H,20,24). The van der Waals surface area contributed by atoms with Crippen LogP contribution in [-0.4, -0.2) is 41.1 Å². The van der Waals surface area contributed by atoms with Crippen molar-refractivity contribution in [3.63, 3.8) is 0 Å². The van der Waals surface area contributed by atoms with Crippen LogP contribution in [0.3, 0.4) is 0 Å². The summed E-state index contributed by atoms with van der Waals surface area (Å²) < 4.78 is 1.82. The highest BCUT2D eigenvalue weighted by Gasteiger charge is 2.27. The maximum absolute atomic E-state index is 12.3. The van der Waals surface area contributed by atoms with Crippen molar-refractivity contribution >= 4 is 5.91 Å². The van der Waals surface area contributed by atoms with Crippen molar-refractivity contribution < 1.29 is 4.79 Å². The first-order valence-corrected chi connectivity index (χ1v) is 9.24. The number of amides is 1. The second kappa shape index (κ2) is 7.51. The Kier molecular flexibility index (Phi) is 5.39. The molecule has 1 aromatic heterocycles. The number of hydrogen-bond acceptors (Lipinski definition) is 3. The van der Waals surface area contributed by atoms with Crippen molar-refractivity contribution in [3.8, 4) is 0 Å². The van der Waals surface area contributed by atoms with E-state index in [-0.39, 0.29) is 16.9 Å². The number of aromatic nitrogens is 1. The Labute approximate surface area is 144 Å². The van der Waals surface area contributed by atoms with Crippen molar-refractivity contribution in [2.75, 3.05) is 19.6 Å². The normalized spacial score (nSPS) is 20.4. The second-order valence-electron chi connectivity index (χ2n) is 7.43. The minimum absolute atomic E-state index is 0.195. The zero-order chi connectivity index (χ0) is 17.1. The van der Waals surface area contributed by atoms with Gasteiger partial charge in [0.25, 0.3) is 5.91 Å². The van der Waals surface area contributed by atoms with Crippen LogP contribution in [0.4, 0.5) is 0 Å². The molecule has 1 amide bonds. The van der Waals surface area contributed by atoms with Crippen LogP contribution in [0.25, 0.3) is 0 Å². The molecule has 1 saturated carbocycles. The number of rotatable bonds is 4. The Morgan fingerprint density at radius 1 is 1.21 bits per heavy atom. The quantitative estimate of drug-likeness (QED) is 0.919. The molecule has 0 radical (unpaired) electrons. The smallest absolute Gasteiger partial charge is 0.256 e. The van der Waals surface area contributed by atoms with Crippen LogP contribution < -0.4 is 10.7 Å². The molecular formula is C19H29N3O2. The van der Waals surface area contributed by atoms with Crippen molar-refractivity contribution in [3.05, 3.63) is 33.7 Å². The molecule has 132 valence electrons. The molecule has 2 fully saturated rings. The molecule has 2 aliphatic rings. The van der Waals surface area contributed by atoms with Crippen LogP contribution >= 0.6 is 0 Å². The van der Waals surface area contributed by atoms with Gasteiger partial charge in [0.05, 0.1) is 0 Å². The van der Waals surface area contributed by atoms with Gasteiger partial charge in [0.1, 0.15) is 5.56 Å². The third kappa shape index (κ3) is 3.89. The van der Waals surface area contributed by atoms with Crippen molar-refractivity contribution in [2.24, 2.45) is 13.0 Å². The predicted molar refractivity (Wildman–Crippen MR) is 95.3 cm³/mol. The molecule has 0 unspecified atom stereocenters. The van der Waals surface area contributed by atoms with Gasteiger partial charge in [-0.25, -0.2) is 0 Å². The fourth-order valence-corrected chi connectivity index (χ4v) is 4.02. The number of nitrogens with one attached hydrogen (secondary N) is 1. The second-order valence-corrected chi connectivity index (χ2v) is 7.43. The Bertz CT molecular complexity index is 639. The summed E-state index contributed by atoms with van der Waals surface area (Å²) in [6, 6.07) is 2.32. The minimum Gasteiger partial charge on any atom is -0.354 e. The lowest BCUT2D eigenvalue weighted by molar-refractivity contribution is 0.0923. The molecule has 1 N–H and O–H groups in total. The molecule has 1 aliphatic carbocycles. The maximum atomic E-state index is 12.3. The molecule has 24 heavy (non-hydrogen) atoms. The van der Waals surface area contributed by atoms with Gasteiger partial charge in [0, 0.05) is 37.6 Å². The van der Waals surface area contributed by atoms with E-state index in [1.807, 2.05) is 18.5 Å².